The van der Waals surface area contributed by atoms with Gasteiger partial charge < -0.3 is 5.73 Å². The van der Waals surface area contributed by atoms with Gasteiger partial charge in [-0.25, -0.2) is 15.8 Å². The first-order valence-corrected chi connectivity index (χ1v) is 5.57. The zero-order valence-corrected chi connectivity index (χ0v) is 9.22. The maximum absolute atomic E-state index is 5.74. The SMILES string of the molecule is NC1CC(c2nc(-c3ccccc3)n[nH]2)NN1. The second-order valence-electron chi connectivity index (χ2n) is 4.09. The van der Waals surface area contributed by atoms with Gasteiger partial charge in [0.05, 0.1) is 12.2 Å². The van der Waals surface area contributed by atoms with Crippen molar-refractivity contribution < 1.29 is 0 Å². The lowest BCUT2D eigenvalue weighted by Crippen LogP contribution is -2.36. The van der Waals surface area contributed by atoms with E-state index in [0.717, 1.165) is 17.8 Å². The molecule has 17 heavy (non-hydrogen) atoms. The predicted octanol–water partition coefficient (Wildman–Crippen LogP) is 0.295. The molecule has 0 bridgehead atoms. The Kier molecular flexibility index (Phi) is 2.60. The smallest absolute Gasteiger partial charge is 0.181 e. The molecule has 0 saturated carbocycles. The lowest BCUT2D eigenvalue weighted by Gasteiger charge is -2.02. The molecule has 0 spiro atoms. The predicted molar refractivity (Wildman–Crippen MR) is 63.4 cm³/mol. The molecule has 2 unspecified atom stereocenters. The van der Waals surface area contributed by atoms with Crippen molar-refractivity contribution >= 4 is 0 Å². The number of H-pyrrole nitrogens is 1. The monoisotopic (exact) mass is 230 g/mol. The Morgan fingerprint density at radius 2 is 2.00 bits per heavy atom. The molecular weight excluding hydrogens is 216 g/mol. The van der Waals surface area contributed by atoms with Crippen molar-refractivity contribution in [2.24, 2.45) is 5.73 Å². The molecule has 5 N–H and O–H groups in total. The summed E-state index contributed by atoms with van der Waals surface area (Å²) in [6.45, 7) is 0. The summed E-state index contributed by atoms with van der Waals surface area (Å²) in [5.74, 6) is 1.52. The minimum Gasteiger partial charge on any atom is -0.315 e. The largest absolute Gasteiger partial charge is 0.315 e. The van der Waals surface area contributed by atoms with Crippen LogP contribution in [0.4, 0.5) is 0 Å². The summed E-state index contributed by atoms with van der Waals surface area (Å²) in [6, 6.07) is 9.97. The van der Waals surface area contributed by atoms with Crippen LogP contribution in [-0.2, 0) is 0 Å². The van der Waals surface area contributed by atoms with E-state index in [2.05, 4.69) is 26.0 Å². The number of nitrogens with zero attached hydrogens (tertiary/aromatic N) is 2. The first-order chi connectivity index (χ1) is 8.33. The van der Waals surface area contributed by atoms with Crippen molar-refractivity contribution in [1.29, 1.82) is 0 Å². The maximum Gasteiger partial charge on any atom is 0.181 e. The Balaban J connectivity index is 1.84. The molecule has 2 atom stereocenters. The van der Waals surface area contributed by atoms with Crippen LogP contribution < -0.4 is 16.6 Å². The van der Waals surface area contributed by atoms with Crippen LogP contribution >= 0.6 is 0 Å². The maximum atomic E-state index is 5.74. The molecule has 1 aromatic carbocycles. The summed E-state index contributed by atoms with van der Waals surface area (Å²) in [5.41, 5.74) is 12.8. The second-order valence-corrected chi connectivity index (χ2v) is 4.09. The third-order valence-corrected chi connectivity index (χ3v) is 2.80. The van der Waals surface area contributed by atoms with E-state index in [1.165, 1.54) is 0 Å². The fourth-order valence-electron chi connectivity index (χ4n) is 1.91. The van der Waals surface area contributed by atoms with E-state index < -0.39 is 0 Å². The lowest BCUT2D eigenvalue weighted by molar-refractivity contribution is 0.540. The van der Waals surface area contributed by atoms with E-state index in [1.807, 2.05) is 30.3 Å². The molecule has 88 valence electrons. The van der Waals surface area contributed by atoms with Crippen molar-refractivity contribution in [3.63, 3.8) is 0 Å². The quantitative estimate of drug-likeness (QED) is 0.595. The van der Waals surface area contributed by atoms with Gasteiger partial charge in [0, 0.05) is 12.0 Å². The minimum absolute atomic E-state index is 0.0368. The van der Waals surface area contributed by atoms with Gasteiger partial charge in [0.25, 0.3) is 0 Å². The number of benzene rings is 1. The van der Waals surface area contributed by atoms with Gasteiger partial charge in [-0.2, -0.15) is 5.10 Å². The highest BCUT2D eigenvalue weighted by molar-refractivity contribution is 5.53. The van der Waals surface area contributed by atoms with Crippen LogP contribution in [0.1, 0.15) is 18.3 Å². The van der Waals surface area contributed by atoms with E-state index in [-0.39, 0.29) is 12.2 Å². The van der Waals surface area contributed by atoms with Crippen LogP contribution in [0.5, 0.6) is 0 Å². The first kappa shape index (κ1) is 10.4. The van der Waals surface area contributed by atoms with Gasteiger partial charge in [-0.1, -0.05) is 30.3 Å². The molecule has 1 aliphatic heterocycles. The van der Waals surface area contributed by atoms with E-state index in [1.54, 1.807) is 0 Å². The summed E-state index contributed by atoms with van der Waals surface area (Å²) >= 11 is 0. The van der Waals surface area contributed by atoms with Gasteiger partial charge >= 0.3 is 0 Å². The van der Waals surface area contributed by atoms with Crippen LogP contribution in [-0.4, -0.2) is 21.3 Å². The van der Waals surface area contributed by atoms with Gasteiger partial charge in [0.2, 0.25) is 0 Å². The van der Waals surface area contributed by atoms with Crippen LogP contribution in [0.3, 0.4) is 0 Å². The molecule has 6 heteroatoms. The third-order valence-electron chi connectivity index (χ3n) is 2.80. The Labute approximate surface area is 98.6 Å². The molecule has 1 saturated heterocycles. The van der Waals surface area contributed by atoms with Gasteiger partial charge in [-0.05, 0) is 0 Å². The van der Waals surface area contributed by atoms with Crippen molar-refractivity contribution in [2.75, 3.05) is 0 Å². The fraction of sp³-hybridized carbons (Fsp3) is 0.273. The summed E-state index contributed by atoms with van der Waals surface area (Å²) in [6.07, 6.45) is 0.758. The van der Waals surface area contributed by atoms with Gasteiger partial charge in [-0.15, -0.1) is 0 Å². The summed E-state index contributed by atoms with van der Waals surface area (Å²) in [7, 11) is 0. The number of nitrogens with one attached hydrogen (secondary N) is 3. The van der Waals surface area contributed by atoms with Crippen molar-refractivity contribution in [3.8, 4) is 11.4 Å². The highest BCUT2D eigenvalue weighted by Crippen LogP contribution is 2.20. The molecule has 1 fully saturated rings. The van der Waals surface area contributed by atoms with E-state index in [9.17, 15) is 0 Å². The van der Waals surface area contributed by atoms with Gasteiger partial charge in [0.15, 0.2) is 5.82 Å². The molecular formula is C11H14N6. The molecule has 3 rings (SSSR count). The van der Waals surface area contributed by atoms with E-state index in [4.69, 9.17) is 5.73 Å². The second kappa shape index (κ2) is 4.25. The van der Waals surface area contributed by atoms with Gasteiger partial charge in [-0.3, -0.25) is 5.10 Å². The summed E-state index contributed by atoms with van der Waals surface area (Å²) < 4.78 is 0. The number of aromatic amines is 1. The number of hydrogen-bond donors (Lipinski definition) is 4. The molecule has 0 radical (unpaired) electrons. The minimum atomic E-state index is -0.0368. The highest BCUT2D eigenvalue weighted by Gasteiger charge is 2.25. The highest BCUT2D eigenvalue weighted by atomic mass is 15.5. The van der Waals surface area contributed by atoms with Crippen LogP contribution in [0.2, 0.25) is 0 Å². The van der Waals surface area contributed by atoms with Crippen molar-refractivity contribution in [3.05, 3.63) is 36.2 Å². The normalized spacial score (nSPS) is 24.1. The topological polar surface area (TPSA) is 91.7 Å². The van der Waals surface area contributed by atoms with Crippen LogP contribution in [0.25, 0.3) is 11.4 Å². The standard InChI is InChI=1S/C11H14N6/c12-9-6-8(14-15-9)11-13-10(16-17-11)7-4-2-1-3-5-7/h1-5,8-9,14-15H,6,12H2,(H,13,16,17). The zero-order valence-electron chi connectivity index (χ0n) is 9.22. The molecule has 1 aromatic heterocycles. The average Bonchev–Trinajstić information content (AvgIpc) is 2.98. The number of aromatic nitrogens is 3. The average molecular weight is 230 g/mol. The first-order valence-electron chi connectivity index (χ1n) is 5.57. The Hall–Kier alpha value is -1.76. The van der Waals surface area contributed by atoms with E-state index >= 15 is 0 Å². The number of rotatable bonds is 2. The third kappa shape index (κ3) is 2.05. The Bertz CT molecular complexity index is 494. The number of nitrogens with two attached hydrogens (primary N) is 1. The molecule has 0 amide bonds. The Morgan fingerprint density at radius 1 is 1.18 bits per heavy atom. The van der Waals surface area contributed by atoms with Gasteiger partial charge in [0.1, 0.15) is 5.82 Å². The van der Waals surface area contributed by atoms with Crippen molar-refractivity contribution in [1.82, 2.24) is 26.0 Å². The molecule has 6 nitrogen and oxygen atoms in total. The lowest BCUT2D eigenvalue weighted by atomic mass is 10.2. The van der Waals surface area contributed by atoms with Crippen molar-refractivity contribution in [2.45, 2.75) is 18.6 Å². The van der Waals surface area contributed by atoms with E-state index in [0.29, 0.717) is 5.82 Å². The Morgan fingerprint density at radius 3 is 2.71 bits per heavy atom. The summed E-state index contributed by atoms with van der Waals surface area (Å²) in [5, 5.41) is 7.16. The molecule has 1 aliphatic rings. The fourth-order valence-corrected chi connectivity index (χ4v) is 1.91. The van der Waals surface area contributed by atoms with Crippen LogP contribution in [0, 0.1) is 0 Å². The number of hydrogen-bond acceptors (Lipinski definition) is 5. The molecule has 2 heterocycles. The van der Waals surface area contributed by atoms with Crippen LogP contribution in [0.15, 0.2) is 30.3 Å². The molecule has 2 aromatic rings. The number of hydrazine groups is 1. The zero-order chi connectivity index (χ0) is 11.7. The molecule has 0 aliphatic carbocycles. The summed E-state index contributed by atoms with van der Waals surface area (Å²) in [4.78, 5) is 4.47.